The van der Waals surface area contributed by atoms with Gasteiger partial charge in [0, 0.05) is 28.4 Å². The van der Waals surface area contributed by atoms with Gasteiger partial charge in [-0.15, -0.1) is 11.3 Å². The maximum Gasteiger partial charge on any atom is 0.203 e. The van der Waals surface area contributed by atoms with Crippen molar-refractivity contribution in [3.05, 3.63) is 64.8 Å². The average molecular weight is 387 g/mol. The number of rotatable bonds is 8. The third kappa shape index (κ3) is 4.40. The molecule has 1 aromatic heterocycles. The van der Waals surface area contributed by atoms with Crippen LogP contribution in [0.25, 0.3) is 10.4 Å². The van der Waals surface area contributed by atoms with Crippen LogP contribution in [0.4, 0.5) is 4.39 Å². The maximum absolute atomic E-state index is 13.9. The molecule has 0 unspecified atom stereocenters. The van der Waals surface area contributed by atoms with Crippen LogP contribution in [-0.2, 0) is 13.1 Å². The van der Waals surface area contributed by atoms with Crippen molar-refractivity contribution >= 4 is 11.3 Å². The van der Waals surface area contributed by atoms with Crippen molar-refractivity contribution in [2.24, 2.45) is 0 Å². The summed E-state index contributed by atoms with van der Waals surface area (Å²) in [6.07, 6.45) is 0. The standard InChI is InChI=1S/C21H22FNO3S/c1-24-18-10-14(11-19(25-2)21(18)26-3)12-23-13-15-8-9-20(27-15)16-6-4-5-7-17(16)22/h4-11,23H,12-13H2,1-3H3. The van der Waals surface area contributed by atoms with Crippen molar-refractivity contribution in [1.82, 2.24) is 5.32 Å². The van der Waals surface area contributed by atoms with Crippen LogP contribution in [0.1, 0.15) is 10.4 Å². The minimum Gasteiger partial charge on any atom is -0.493 e. The SMILES string of the molecule is COc1cc(CNCc2ccc(-c3ccccc3F)s2)cc(OC)c1OC. The van der Waals surface area contributed by atoms with Crippen molar-refractivity contribution in [3.8, 4) is 27.7 Å². The Labute approximate surface area is 162 Å². The maximum atomic E-state index is 13.9. The second-order valence-corrected chi connectivity index (χ2v) is 7.05. The normalized spacial score (nSPS) is 10.7. The molecule has 0 amide bonds. The molecule has 6 heteroatoms. The summed E-state index contributed by atoms with van der Waals surface area (Å²) in [5.74, 6) is 1.64. The van der Waals surface area contributed by atoms with Gasteiger partial charge >= 0.3 is 0 Å². The average Bonchev–Trinajstić information content (AvgIpc) is 3.16. The monoisotopic (exact) mass is 387 g/mol. The van der Waals surface area contributed by atoms with E-state index in [0.717, 1.165) is 15.3 Å². The Bertz CT molecular complexity index is 885. The number of thiophene rings is 1. The highest BCUT2D eigenvalue weighted by molar-refractivity contribution is 7.15. The Balaban J connectivity index is 1.66. The lowest BCUT2D eigenvalue weighted by Gasteiger charge is -2.14. The summed E-state index contributed by atoms with van der Waals surface area (Å²) in [6, 6.07) is 14.7. The summed E-state index contributed by atoms with van der Waals surface area (Å²) in [6.45, 7) is 1.33. The highest BCUT2D eigenvalue weighted by atomic mass is 32.1. The highest BCUT2D eigenvalue weighted by Gasteiger charge is 2.13. The summed E-state index contributed by atoms with van der Waals surface area (Å²) in [7, 11) is 4.79. The number of ether oxygens (including phenoxy) is 3. The third-order valence-electron chi connectivity index (χ3n) is 4.15. The number of hydrogen-bond donors (Lipinski definition) is 1. The molecule has 2 aromatic carbocycles. The van der Waals surface area contributed by atoms with Crippen LogP contribution >= 0.6 is 11.3 Å². The van der Waals surface area contributed by atoms with Crippen LogP contribution < -0.4 is 19.5 Å². The van der Waals surface area contributed by atoms with Gasteiger partial charge in [-0.05, 0) is 35.9 Å². The van der Waals surface area contributed by atoms with E-state index >= 15 is 0 Å². The molecule has 27 heavy (non-hydrogen) atoms. The van der Waals surface area contributed by atoms with E-state index in [2.05, 4.69) is 5.32 Å². The van der Waals surface area contributed by atoms with E-state index in [0.29, 0.717) is 35.9 Å². The van der Waals surface area contributed by atoms with E-state index in [1.54, 1.807) is 44.8 Å². The first-order chi connectivity index (χ1) is 13.2. The van der Waals surface area contributed by atoms with Gasteiger partial charge in [-0.3, -0.25) is 0 Å². The van der Waals surface area contributed by atoms with Crippen LogP contribution in [0, 0.1) is 5.82 Å². The van der Waals surface area contributed by atoms with Gasteiger partial charge in [-0.1, -0.05) is 18.2 Å². The molecule has 1 heterocycles. The first kappa shape index (κ1) is 19.2. The van der Waals surface area contributed by atoms with Crippen molar-refractivity contribution < 1.29 is 18.6 Å². The second-order valence-electron chi connectivity index (χ2n) is 5.88. The predicted molar refractivity (Wildman–Crippen MR) is 106 cm³/mol. The fraction of sp³-hybridized carbons (Fsp3) is 0.238. The molecule has 0 fully saturated rings. The van der Waals surface area contributed by atoms with E-state index in [1.807, 2.05) is 30.3 Å². The van der Waals surface area contributed by atoms with Gasteiger partial charge in [0.25, 0.3) is 0 Å². The molecule has 0 aliphatic rings. The van der Waals surface area contributed by atoms with E-state index in [4.69, 9.17) is 14.2 Å². The second kappa shape index (κ2) is 8.88. The Kier molecular flexibility index (Phi) is 6.32. The molecule has 0 radical (unpaired) electrons. The fourth-order valence-corrected chi connectivity index (χ4v) is 3.85. The third-order valence-corrected chi connectivity index (χ3v) is 5.27. The molecular weight excluding hydrogens is 365 g/mol. The zero-order valence-corrected chi connectivity index (χ0v) is 16.4. The molecule has 0 aliphatic heterocycles. The first-order valence-corrected chi connectivity index (χ1v) is 9.31. The zero-order valence-electron chi connectivity index (χ0n) is 15.5. The lowest BCUT2D eigenvalue weighted by molar-refractivity contribution is 0.323. The zero-order chi connectivity index (χ0) is 19.2. The number of halogens is 1. The smallest absolute Gasteiger partial charge is 0.203 e. The topological polar surface area (TPSA) is 39.7 Å². The van der Waals surface area contributed by atoms with Crippen LogP contribution in [0.3, 0.4) is 0 Å². The molecule has 0 saturated heterocycles. The predicted octanol–water partition coefficient (Wildman–Crippen LogP) is 4.87. The molecule has 3 rings (SSSR count). The quantitative estimate of drug-likeness (QED) is 0.599. The van der Waals surface area contributed by atoms with Gasteiger partial charge in [-0.25, -0.2) is 4.39 Å². The number of hydrogen-bond acceptors (Lipinski definition) is 5. The van der Waals surface area contributed by atoms with Gasteiger partial charge < -0.3 is 19.5 Å². The Morgan fingerprint density at radius 1 is 0.889 bits per heavy atom. The molecule has 0 atom stereocenters. The van der Waals surface area contributed by atoms with E-state index in [1.165, 1.54) is 6.07 Å². The molecule has 3 aromatic rings. The molecule has 142 valence electrons. The van der Waals surface area contributed by atoms with Gasteiger partial charge in [0.05, 0.1) is 21.3 Å². The van der Waals surface area contributed by atoms with Crippen LogP contribution in [0.15, 0.2) is 48.5 Å². The summed E-state index contributed by atoms with van der Waals surface area (Å²) < 4.78 is 30.0. The Morgan fingerprint density at radius 2 is 1.59 bits per heavy atom. The number of methoxy groups -OCH3 is 3. The van der Waals surface area contributed by atoms with Crippen molar-refractivity contribution in [2.45, 2.75) is 13.1 Å². The lowest BCUT2D eigenvalue weighted by atomic mass is 10.1. The van der Waals surface area contributed by atoms with Crippen LogP contribution in [-0.4, -0.2) is 21.3 Å². The van der Waals surface area contributed by atoms with Crippen molar-refractivity contribution in [3.63, 3.8) is 0 Å². The minimum atomic E-state index is -0.198. The van der Waals surface area contributed by atoms with Gasteiger partial charge in [0.15, 0.2) is 11.5 Å². The Morgan fingerprint density at radius 3 is 2.22 bits per heavy atom. The van der Waals surface area contributed by atoms with E-state index < -0.39 is 0 Å². The highest BCUT2D eigenvalue weighted by Crippen LogP contribution is 2.38. The van der Waals surface area contributed by atoms with Gasteiger partial charge in [-0.2, -0.15) is 0 Å². The number of benzene rings is 2. The molecular formula is C21H22FNO3S. The molecule has 0 saturated carbocycles. The molecule has 0 spiro atoms. The largest absolute Gasteiger partial charge is 0.493 e. The summed E-state index contributed by atoms with van der Waals surface area (Å²) in [4.78, 5) is 2.07. The summed E-state index contributed by atoms with van der Waals surface area (Å²) in [5.41, 5.74) is 1.66. The van der Waals surface area contributed by atoms with Gasteiger partial charge in [0.1, 0.15) is 5.82 Å². The van der Waals surface area contributed by atoms with Crippen molar-refractivity contribution in [1.29, 1.82) is 0 Å². The Hall–Kier alpha value is -2.57. The molecule has 0 aliphatic carbocycles. The van der Waals surface area contributed by atoms with E-state index in [-0.39, 0.29) is 5.82 Å². The van der Waals surface area contributed by atoms with Gasteiger partial charge in [0.2, 0.25) is 5.75 Å². The number of nitrogens with one attached hydrogen (secondary N) is 1. The van der Waals surface area contributed by atoms with Crippen LogP contribution in [0.2, 0.25) is 0 Å². The summed E-state index contributed by atoms with van der Waals surface area (Å²) in [5, 5.41) is 3.40. The molecule has 4 nitrogen and oxygen atoms in total. The van der Waals surface area contributed by atoms with Crippen LogP contribution in [0.5, 0.6) is 17.2 Å². The first-order valence-electron chi connectivity index (χ1n) is 8.49. The molecule has 1 N–H and O–H groups in total. The lowest BCUT2D eigenvalue weighted by Crippen LogP contribution is -2.12. The molecule has 0 bridgehead atoms. The summed E-state index contributed by atoms with van der Waals surface area (Å²) >= 11 is 1.58. The fourth-order valence-electron chi connectivity index (χ4n) is 2.85. The van der Waals surface area contributed by atoms with Crippen molar-refractivity contribution in [2.75, 3.05) is 21.3 Å². The minimum absolute atomic E-state index is 0.198. The van der Waals surface area contributed by atoms with E-state index in [9.17, 15) is 4.39 Å².